The average molecular weight is 427 g/mol. The van der Waals surface area contributed by atoms with Crippen molar-refractivity contribution < 1.29 is 4.79 Å². The maximum absolute atomic E-state index is 12.8. The Kier molecular flexibility index (Phi) is 6.36. The van der Waals surface area contributed by atoms with Gasteiger partial charge in [0.05, 0.1) is 6.04 Å². The summed E-state index contributed by atoms with van der Waals surface area (Å²) < 4.78 is 0. The lowest BCUT2D eigenvalue weighted by molar-refractivity contribution is 0.0940. The molecule has 1 amide bonds. The number of carbonyl (C=O) groups excluding carboxylic acids is 1. The Bertz CT molecular complexity index is 1060. The van der Waals surface area contributed by atoms with Crippen LogP contribution in [-0.2, 0) is 18.4 Å². The molecule has 1 N–H and O–H groups in total. The summed E-state index contributed by atoms with van der Waals surface area (Å²) in [6, 6.07) is 25.2. The first kappa shape index (κ1) is 22.1. The number of aryl methyl sites for hydroxylation is 1. The zero-order chi connectivity index (χ0) is 22.7. The molecule has 0 aromatic heterocycles. The Balaban J connectivity index is 1.38. The molecule has 0 spiro atoms. The molecule has 0 fully saturated rings. The molecule has 3 nitrogen and oxygen atoms in total. The third kappa shape index (κ3) is 5.04. The molecular weight excluding hydrogens is 392 g/mol. The van der Waals surface area contributed by atoms with Crippen LogP contribution in [0.3, 0.4) is 0 Å². The van der Waals surface area contributed by atoms with Gasteiger partial charge in [-0.1, -0.05) is 75.4 Å². The maximum atomic E-state index is 12.8. The minimum atomic E-state index is -0.0407. The van der Waals surface area contributed by atoms with E-state index in [0.717, 1.165) is 25.1 Å². The Morgan fingerprint density at radius 2 is 1.66 bits per heavy atom. The summed E-state index contributed by atoms with van der Waals surface area (Å²) in [5.74, 6) is -0.0349. The van der Waals surface area contributed by atoms with Gasteiger partial charge in [0, 0.05) is 24.3 Å². The third-order valence-corrected chi connectivity index (χ3v) is 6.42. The van der Waals surface area contributed by atoms with Crippen LogP contribution in [-0.4, -0.2) is 12.5 Å². The van der Waals surface area contributed by atoms with Gasteiger partial charge in [0.15, 0.2) is 0 Å². The summed E-state index contributed by atoms with van der Waals surface area (Å²) in [7, 11) is 0. The summed E-state index contributed by atoms with van der Waals surface area (Å²) in [6.07, 6.45) is 2.34. The number of para-hydroxylation sites is 1. The largest absolute Gasteiger partial charge is 0.367 e. The monoisotopic (exact) mass is 426 g/mol. The van der Waals surface area contributed by atoms with E-state index in [1.807, 2.05) is 19.1 Å². The fourth-order valence-corrected chi connectivity index (χ4v) is 4.39. The molecule has 0 unspecified atom stereocenters. The SMILES string of the molecule is C[C@@H](NC(=O)c1ccc(CN2CCCc3ccccc32)cc1)c1ccc(C(C)(C)C)cc1. The number of rotatable bonds is 5. The second kappa shape index (κ2) is 9.20. The summed E-state index contributed by atoms with van der Waals surface area (Å²) in [4.78, 5) is 15.2. The Morgan fingerprint density at radius 3 is 2.34 bits per heavy atom. The number of carbonyl (C=O) groups is 1. The van der Waals surface area contributed by atoms with Crippen LogP contribution in [0.25, 0.3) is 0 Å². The van der Waals surface area contributed by atoms with E-state index >= 15 is 0 Å². The Labute approximate surface area is 192 Å². The number of nitrogens with one attached hydrogen (secondary N) is 1. The first-order chi connectivity index (χ1) is 15.3. The van der Waals surface area contributed by atoms with Crippen LogP contribution in [0.4, 0.5) is 5.69 Å². The molecule has 1 heterocycles. The van der Waals surface area contributed by atoms with E-state index in [4.69, 9.17) is 0 Å². The average Bonchev–Trinajstić information content (AvgIpc) is 2.79. The highest BCUT2D eigenvalue weighted by Crippen LogP contribution is 2.28. The third-order valence-electron chi connectivity index (χ3n) is 6.42. The van der Waals surface area contributed by atoms with E-state index in [0.29, 0.717) is 5.56 Å². The van der Waals surface area contributed by atoms with Gasteiger partial charge < -0.3 is 10.2 Å². The predicted octanol–water partition coefficient (Wildman–Crippen LogP) is 6.43. The molecule has 0 saturated carbocycles. The van der Waals surface area contributed by atoms with E-state index in [1.54, 1.807) is 0 Å². The highest BCUT2D eigenvalue weighted by molar-refractivity contribution is 5.94. The number of nitrogens with zero attached hydrogens (tertiary/aromatic N) is 1. The van der Waals surface area contributed by atoms with E-state index in [1.165, 1.54) is 28.8 Å². The molecule has 0 saturated heterocycles. The fraction of sp³-hybridized carbons (Fsp3) is 0.345. The van der Waals surface area contributed by atoms with Crippen LogP contribution in [0, 0.1) is 0 Å². The number of hydrogen-bond donors (Lipinski definition) is 1. The maximum Gasteiger partial charge on any atom is 0.251 e. The number of benzene rings is 3. The second-order valence-corrected chi connectivity index (χ2v) is 9.92. The van der Waals surface area contributed by atoms with Crippen molar-refractivity contribution >= 4 is 11.6 Å². The summed E-state index contributed by atoms with van der Waals surface area (Å²) >= 11 is 0. The van der Waals surface area contributed by atoms with E-state index in [9.17, 15) is 4.79 Å². The number of anilines is 1. The molecular formula is C29H34N2O. The lowest BCUT2D eigenvalue weighted by Crippen LogP contribution is -2.29. The lowest BCUT2D eigenvalue weighted by atomic mass is 9.86. The van der Waals surface area contributed by atoms with Crippen molar-refractivity contribution in [2.45, 2.75) is 58.5 Å². The van der Waals surface area contributed by atoms with E-state index in [-0.39, 0.29) is 17.4 Å². The van der Waals surface area contributed by atoms with Crippen molar-refractivity contribution in [1.29, 1.82) is 0 Å². The van der Waals surface area contributed by atoms with E-state index in [2.05, 4.69) is 91.7 Å². The Hall–Kier alpha value is -3.07. The van der Waals surface area contributed by atoms with Crippen LogP contribution >= 0.6 is 0 Å². The second-order valence-electron chi connectivity index (χ2n) is 9.92. The smallest absolute Gasteiger partial charge is 0.251 e. The summed E-state index contributed by atoms with van der Waals surface area (Å²) in [6.45, 7) is 10.6. The van der Waals surface area contributed by atoms with Crippen molar-refractivity contribution in [2.75, 3.05) is 11.4 Å². The molecule has 3 heteroatoms. The van der Waals surface area contributed by atoms with E-state index < -0.39 is 0 Å². The van der Waals surface area contributed by atoms with Gasteiger partial charge >= 0.3 is 0 Å². The highest BCUT2D eigenvalue weighted by atomic mass is 16.1. The van der Waals surface area contributed by atoms with Gasteiger partial charge in [-0.2, -0.15) is 0 Å². The summed E-state index contributed by atoms with van der Waals surface area (Å²) in [5.41, 5.74) is 7.24. The standard InChI is InChI=1S/C29H34N2O/c1-21(23-15-17-26(18-16-23)29(2,3)4)30-28(32)25-13-11-22(12-14-25)20-31-19-7-9-24-8-5-6-10-27(24)31/h5-6,8,10-18,21H,7,9,19-20H2,1-4H3,(H,30,32)/t21-/m1/s1. The first-order valence-electron chi connectivity index (χ1n) is 11.6. The van der Waals surface area contributed by atoms with Gasteiger partial charge in [0.1, 0.15) is 0 Å². The minimum absolute atomic E-state index is 0.0349. The van der Waals surface area contributed by atoms with Crippen LogP contribution in [0.2, 0.25) is 0 Å². The zero-order valence-corrected chi connectivity index (χ0v) is 19.7. The van der Waals surface area contributed by atoms with Crippen LogP contribution in [0.15, 0.2) is 72.8 Å². The van der Waals surface area contributed by atoms with Crippen LogP contribution < -0.4 is 10.2 Å². The molecule has 1 atom stereocenters. The topological polar surface area (TPSA) is 32.3 Å². The van der Waals surface area contributed by atoms with Gasteiger partial charge in [-0.15, -0.1) is 0 Å². The first-order valence-corrected chi connectivity index (χ1v) is 11.6. The molecule has 0 radical (unpaired) electrons. The molecule has 1 aliphatic rings. The van der Waals surface area contributed by atoms with Crippen LogP contribution in [0.5, 0.6) is 0 Å². The highest BCUT2D eigenvalue weighted by Gasteiger charge is 2.18. The predicted molar refractivity (Wildman–Crippen MR) is 133 cm³/mol. The molecule has 0 aliphatic carbocycles. The van der Waals surface area contributed by atoms with Gasteiger partial charge in [0.25, 0.3) is 5.91 Å². The molecule has 0 bridgehead atoms. The van der Waals surface area contributed by atoms with Gasteiger partial charge in [-0.3, -0.25) is 4.79 Å². The zero-order valence-electron chi connectivity index (χ0n) is 19.7. The molecule has 3 aromatic rings. The molecule has 1 aliphatic heterocycles. The van der Waals surface area contributed by atoms with Crippen molar-refractivity contribution in [3.05, 3.63) is 101 Å². The quantitative estimate of drug-likeness (QED) is 0.510. The molecule has 4 rings (SSSR count). The van der Waals surface area contributed by atoms with Gasteiger partial charge in [-0.25, -0.2) is 0 Å². The van der Waals surface area contributed by atoms with Crippen molar-refractivity contribution in [2.24, 2.45) is 0 Å². The lowest BCUT2D eigenvalue weighted by Gasteiger charge is -2.31. The Morgan fingerprint density at radius 1 is 0.969 bits per heavy atom. The molecule has 166 valence electrons. The number of amides is 1. The minimum Gasteiger partial charge on any atom is -0.367 e. The number of fused-ring (bicyclic) bond motifs is 1. The normalized spacial score (nSPS) is 14.6. The van der Waals surface area contributed by atoms with Crippen molar-refractivity contribution in [1.82, 2.24) is 5.32 Å². The van der Waals surface area contributed by atoms with Gasteiger partial charge in [0.2, 0.25) is 0 Å². The van der Waals surface area contributed by atoms with Crippen molar-refractivity contribution in [3.8, 4) is 0 Å². The van der Waals surface area contributed by atoms with Crippen molar-refractivity contribution in [3.63, 3.8) is 0 Å². The summed E-state index contributed by atoms with van der Waals surface area (Å²) in [5, 5.41) is 3.14. The molecule has 3 aromatic carbocycles. The fourth-order valence-electron chi connectivity index (χ4n) is 4.39. The molecule has 32 heavy (non-hydrogen) atoms. The van der Waals surface area contributed by atoms with Gasteiger partial charge in [-0.05, 0) is 65.6 Å². The van der Waals surface area contributed by atoms with Crippen LogP contribution in [0.1, 0.15) is 72.8 Å². The number of hydrogen-bond acceptors (Lipinski definition) is 2.